The summed E-state index contributed by atoms with van der Waals surface area (Å²) in [4.78, 5) is 0. The average Bonchev–Trinajstić information content (AvgIpc) is 2.47. The van der Waals surface area contributed by atoms with Gasteiger partial charge >= 0.3 is 0 Å². The monoisotopic (exact) mass is 287 g/mol. The molecule has 1 atom stereocenters. The van der Waals surface area contributed by atoms with E-state index in [1.807, 2.05) is 57.3 Å². The van der Waals surface area contributed by atoms with Gasteiger partial charge in [-0.1, -0.05) is 36.4 Å². The van der Waals surface area contributed by atoms with Crippen molar-refractivity contribution in [1.29, 1.82) is 0 Å². The van der Waals surface area contributed by atoms with Crippen LogP contribution in [0, 0.1) is 5.82 Å². The lowest BCUT2D eigenvalue weighted by Gasteiger charge is -2.21. The molecule has 0 saturated carbocycles. The summed E-state index contributed by atoms with van der Waals surface area (Å²) in [5, 5.41) is 3.26. The van der Waals surface area contributed by atoms with Crippen LogP contribution in [0.5, 0.6) is 5.75 Å². The van der Waals surface area contributed by atoms with Gasteiger partial charge in [-0.25, -0.2) is 4.39 Å². The van der Waals surface area contributed by atoms with Gasteiger partial charge in [0.1, 0.15) is 11.6 Å². The highest BCUT2D eigenvalue weighted by atomic mass is 19.1. The van der Waals surface area contributed by atoms with Crippen LogP contribution in [-0.2, 0) is 6.42 Å². The fraction of sp³-hybridized carbons (Fsp3) is 0.333. The molecule has 2 rings (SSSR count). The third kappa shape index (κ3) is 4.05. The molecule has 1 N–H and O–H groups in total. The molecule has 0 saturated heterocycles. The van der Waals surface area contributed by atoms with E-state index in [9.17, 15) is 4.39 Å². The quantitative estimate of drug-likeness (QED) is 0.863. The summed E-state index contributed by atoms with van der Waals surface area (Å²) in [6, 6.07) is 14.8. The number of hydrogen-bond acceptors (Lipinski definition) is 2. The molecule has 0 aromatic heterocycles. The Kier molecular flexibility index (Phi) is 5.34. The predicted octanol–water partition coefficient (Wildman–Crippen LogP) is 4.12. The van der Waals surface area contributed by atoms with Gasteiger partial charge in [-0.3, -0.25) is 0 Å². The zero-order valence-corrected chi connectivity index (χ0v) is 12.8. The summed E-state index contributed by atoms with van der Waals surface area (Å²) in [7, 11) is 1.89. The first kappa shape index (κ1) is 15.5. The minimum absolute atomic E-state index is 0.0110. The number of likely N-dealkylation sites (N-methyl/N-ethyl adjacent to an activating group) is 1. The zero-order valence-electron chi connectivity index (χ0n) is 12.8. The normalized spacial score (nSPS) is 12.4. The molecule has 3 heteroatoms. The van der Waals surface area contributed by atoms with Gasteiger partial charge < -0.3 is 10.1 Å². The smallest absolute Gasteiger partial charge is 0.126 e. The van der Waals surface area contributed by atoms with Gasteiger partial charge in [0.25, 0.3) is 0 Å². The molecular weight excluding hydrogens is 265 g/mol. The summed E-state index contributed by atoms with van der Waals surface area (Å²) in [5.41, 5.74) is 1.76. The maximum Gasteiger partial charge on any atom is 0.126 e. The van der Waals surface area contributed by atoms with Gasteiger partial charge in [-0.05, 0) is 45.0 Å². The lowest BCUT2D eigenvalue weighted by Crippen LogP contribution is -2.21. The third-order valence-corrected chi connectivity index (χ3v) is 3.39. The van der Waals surface area contributed by atoms with E-state index in [-0.39, 0.29) is 18.0 Å². The number of halogens is 1. The predicted molar refractivity (Wildman–Crippen MR) is 84.1 cm³/mol. The minimum atomic E-state index is -0.167. The molecule has 0 fully saturated rings. The van der Waals surface area contributed by atoms with Gasteiger partial charge in [0.15, 0.2) is 0 Å². The molecule has 1 unspecified atom stereocenters. The van der Waals surface area contributed by atoms with Crippen LogP contribution in [0.4, 0.5) is 4.39 Å². The van der Waals surface area contributed by atoms with Crippen LogP contribution in [0.3, 0.4) is 0 Å². The number of benzene rings is 2. The van der Waals surface area contributed by atoms with Gasteiger partial charge in [0.2, 0.25) is 0 Å². The van der Waals surface area contributed by atoms with E-state index < -0.39 is 0 Å². The second kappa shape index (κ2) is 7.23. The van der Waals surface area contributed by atoms with Crippen molar-refractivity contribution in [3.8, 4) is 5.75 Å². The van der Waals surface area contributed by atoms with Gasteiger partial charge in [-0.2, -0.15) is 0 Å². The molecule has 0 spiro atoms. The van der Waals surface area contributed by atoms with Gasteiger partial charge in [-0.15, -0.1) is 0 Å². The molecule has 0 amide bonds. The molecule has 2 aromatic rings. The first-order chi connectivity index (χ1) is 10.1. The van der Waals surface area contributed by atoms with Crippen LogP contribution >= 0.6 is 0 Å². The van der Waals surface area contributed by atoms with Crippen LogP contribution in [0.2, 0.25) is 0 Å². The van der Waals surface area contributed by atoms with E-state index in [0.717, 1.165) is 11.3 Å². The van der Waals surface area contributed by atoms with Crippen LogP contribution < -0.4 is 10.1 Å². The molecule has 112 valence electrons. The largest absolute Gasteiger partial charge is 0.491 e. The van der Waals surface area contributed by atoms with Crippen molar-refractivity contribution in [2.24, 2.45) is 0 Å². The van der Waals surface area contributed by atoms with Crippen LogP contribution in [-0.4, -0.2) is 13.2 Å². The van der Waals surface area contributed by atoms with E-state index in [1.165, 1.54) is 6.07 Å². The Hall–Kier alpha value is -1.87. The van der Waals surface area contributed by atoms with Crippen molar-refractivity contribution in [3.05, 3.63) is 65.5 Å². The number of para-hydroxylation sites is 1. The number of hydrogen-bond donors (Lipinski definition) is 1. The second-order valence-electron chi connectivity index (χ2n) is 5.34. The highest BCUT2D eigenvalue weighted by Crippen LogP contribution is 2.28. The molecule has 0 aliphatic rings. The van der Waals surface area contributed by atoms with Gasteiger partial charge in [0.05, 0.1) is 6.10 Å². The lowest BCUT2D eigenvalue weighted by molar-refractivity contribution is 0.238. The van der Waals surface area contributed by atoms with Crippen LogP contribution in [0.1, 0.15) is 31.0 Å². The van der Waals surface area contributed by atoms with Crippen molar-refractivity contribution in [2.45, 2.75) is 32.4 Å². The molecule has 0 aliphatic carbocycles. The number of rotatable bonds is 6. The van der Waals surface area contributed by atoms with Crippen LogP contribution in [0.25, 0.3) is 0 Å². The summed E-state index contributed by atoms with van der Waals surface area (Å²) in [6.45, 7) is 4.00. The summed E-state index contributed by atoms with van der Waals surface area (Å²) < 4.78 is 19.7. The summed E-state index contributed by atoms with van der Waals surface area (Å²) in [5.74, 6) is 0.684. The van der Waals surface area contributed by atoms with Crippen molar-refractivity contribution in [3.63, 3.8) is 0 Å². The Bertz CT molecular complexity index is 583. The molecule has 2 aromatic carbocycles. The van der Waals surface area contributed by atoms with E-state index in [2.05, 4.69) is 5.32 Å². The summed E-state index contributed by atoms with van der Waals surface area (Å²) in [6.07, 6.45) is 0.693. The fourth-order valence-corrected chi connectivity index (χ4v) is 2.38. The third-order valence-electron chi connectivity index (χ3n) is 3.39. The van der Waals surface area contributed by atoms with Crippen LogP contribution in [0.15, 0.2) is 48.5 Å². The summed E-state index contributed by atoms with van der Waals surface area (Å²) >= 11 is 0. The maximum atomic E-state index is 13.9. The zero-order chi connectivity index (χ0) is 15.2. The maximum absolute atomic E-state index is 13.9. The Balaban J connectivity index is 2.27. The molecular formula is C18H22FNO. The van der Waals surface area contributed by atoms with E-state index in [1.54, 1.807) is 6.07 Å². The van der Waals surface area contributed by atoms with Crippen molar-refractivity contribution in [2.75, 3.05) is 7.05 Å². The SMILES string of the molecule is CNC(Cc1ccccc1F)c1ccccc1OC(C)C. The Labute approximate surface area is 126 Å². The lowest BCUT2D eigenvalue weighted by atomic mass is 9.98. The highest BCUT2D eigenvalue weighted by molar-refractivity contribution is 5.37. The molecule has 0 aliphatic heterocycles. The number of ether oxygens (including phenoxy) is 1. The fourth-order valence-electron chi connectivity index (χ4n) is 2.38. The van der Waals surface area contributed by atoms with Crippen molar-refractivity contribution < 1.29 is 9.13 Å². The molecule has 21 heavy (non-hydrogen) atoms. The van der Waals surface area contributed by atoms with Crippen molar-refractivity contribution >= 4 is 0 Å². The first-order valence-corrected chi connectivity index (χ1v) is 7.28. The standard InChI is InChI=1S/C18H22FNO/c1-13(2)21-18-11-7-5-9-15(18)17(20-3)12-14-8-4-6-10-16(14)19/h4-11,13,17,20H,12H2,1-3H3. The van der Waals surface area contributed by atoms with Crippen molar-refractivity contribution in [1.82, 2.24) is 5.32 Å². The topological polar surface area (TPSA) is 21.3 Å². The molecule has 0 heterocycles. The molecule has 0 bridgehead atoms. The average molecular weight is 287 g/mol. The van der Waals surface area contributed by atoms with E-state index >= 15 is 0 Å². The Morgan fingerprint density at radius 3 is 2.38 bits per heavy atom. The van der Waals surface area contributed by atoms with Gasteiger partial charge in [0, 0.05) is 11.6 Å². The highest BCUT2D eigenvalue weighted by Gasteiger charge is 2.17. The second-order valence-corrected chi connectivity index (χ2v) is 5.34. The molecule has 2 nitrogen and oxygen atoms in total. The minimum Gasteiger partial charge on any atom is -0.491 e. The van der Waals surface area contributed by atoms with E-state index in [4.69, 9.17) is 4.74 Å². The number of nitrogens with one attached hydrogen (secondary N) is 1. The Morgan fingerprint density at radius 2 is 1.71 bits per heavy atom. The Morgan fingerprint density at radius 1 is 1.05 bits per heavy atom. The molecule has 0 radical (unpaired) electrons. The van der Waals surface area contributed by atoms with E-state index in [0.29, 0.717) is 12.0 Å². The first-order valence-electron chi connectivity index (χ1n) is 7.28.